The van der Waals surface area contributed by atoms with Gasteiger partial charge >= 0.3 is 0 Å². The van der Waals surface area contributed by atoms with Gasteiger partial charge in [0.2, 0.25) is 0 Å². The maximum absolute atomic E-state index is 6.16. The minimum Gasteiger partial charge on any atom is -0.297 e. The summed E-state index contributed by atoms with van der Waals surface area (Å²) in [6.45, 7) is 9.16. The van der Waals surface area contributed by atoms with Crippen molar-refractivity contribution in [1.29, 1.82) is 0 Å². The Morgan fingerprint density at radius 2 is 1.57 bits per heavy atom. The van der Waals surface area contributed by atoms with Gasteiger partial charge in [-0.05, 0) is 33.6 Å². The minimum atomic E-state index is -0.792. The molecule has 0 rings (SSSR count). The molecular weight excluding hydrogens is 189 g/mol. The van der Waals surface area contributed by atoms with E-state index in [0.717, 1.165) is 0 Å². The van der Waals surface area contributed by atoms with Crippen LogP contribution in [0, 0.1) is 0 Å². The van der Waals surface area contributed by atoms with E-state index in [2.05, 4.69) is 27.7 Å². The van der Waals surface area contributed by atoms with Crippen molar-refractivity contribution in [3.63, 3.8) is 0 Å². The molecule has 0 spiro atoms. The fourth-order valence-corrected chi connectivity index (χ4v) is 5.67. The minimum absolute atomic E-state index is 0.458. The maximum atomic E-state index is 6.16. The molecule has 0 aromatic heterocycles. The van der Waals surface area contributed by atoms with Gasteiger partial charge in [0.1, 0.15) is 5.78 Å². The molecule has 2 N–H and O–H groups in total. The van der Waals surface area contributed by atoms with Crippen LogP contribution in [0.4, 0.5) is 0 Å². The highest BCUT2D eigenvalue weighted by Crippen LogP contribution is 2.61. The number of rotatable bonds is 8. The van der Waals surface area contributed by atoms with Crippen LogP contribution in [0.1, 0.15) is 53.4 Å². The van der Waals surface area contributed by atoms with Crippen molar-refractivity contribution in [3.05, 3.63) is 0 Å². The lowest BCUT2D eigenvalue weighted by Crippen LogP contribution is -2.25. The highest BCUT2D eigenvalue weighted by atomic mass is 31.2. The molecular formula is C12H29NP+. The van der Waals surface area contributed by atoms with Crippen LogP contribution in [0.5, 0.6) is 0 Å². The molecule has 0 bridgehead atoms. The quantitative estimate of drug-likeness (QED) is 0.485. The van der Waals surface area contributed by atoms with E-state index < -0.39 is 7.26 Å². The molecule has 1 nitrogen and oxygen atoms in total. The van der Waals surface area contributed by atoms with Gasteiger partial charge in [0.25, 0.3) is 0 Å². The fourth-order valence-electron chi connectivity index (χ4n) is 2.17. The van der Waals surface area contributed by atoms with Crippen LogP contribution in [-0.4, -0.2) is 24.3 Å². The Bertz CT molecular complexity index is 130. The number of hydrogen-bond acceptors (Lipinski definition) is 1. The second kappa shape index (κ2) is 7.65. The molecule has 0 aromatic rings. The Morgan fingerprint density at radius 3 is 1.93 bits per heavy atom. The van der Waals surface area contributed by atoms with Gasteiger partial charge in [-0.15, -0.1) is 0 Å². The van der Waals surface area contributed by atoms with E-state index >= 15 is 0 Å². The van der Waals surface area contributed by atoms with Crippen LogP contribution < -0.4 is 5.73 Å². The van der Waals surface area contributed by atoms with Gasteiger partial charge in [-0.2, -0.15) is 0 Å². The van der Waals surface area contributed by atoms with Crippen molar-refractivity contribution < 1.29 is 0 Å². The predicted molar refractivity (Wildman–Crippen MR) is 70.7 cm³/mol. The maximum Gasteiger partial charge on any atom is 0.114 e. The molecule has 0 aliphatic rings. The first kappa shape index (κ1) is 14.4. The lowest BCUT2D eigenvalue weighted by Gasteiger charge is -2.28. The summed E-state index contributed by atoms with van der Waals surface area (Å²) in [7, 11) is -0.792. The zero-order valence-electron chi connectivity index (χ0n) is 10.6. The van der Waals surface area contributed by atoms with Gasteiger partial charge in [0, 0.05) is 7.26 Å². The Labute approximate surface area is 91.2 Å². The van der Waals surface area contributed by atoms with Gasteiger partial charge in [0.05, 0.1) is 18.5 Å². The first-order valence-electron chi connectivity index (χ1n) is 6.24. The molecule has 0 aliphatic heterocycles. The van der Waals surface area contributed by atoms with Crippen molar-refractivity contribution in [1.82, 2.24) is 0 Å². The molecule has 1 atom stereocenters. The summed E-state index contributed by atoms with van der Waals surface area (Å²) in [5.41, 5.74) is 6.16. The molecule has 0 saturated heterocycles. The van der Waals surface area contributed by atoms with Gasteiger partial charge < -0.3 is 0 Å². The summed E-state index contributed by atoms with van der Waals surface area (Å²) in [6, 6.07) is 0. The second-order valence-corrected chi connectivity index (χ2v) is 9.34. The van der Waals surface area contributed by atoms with E-state index in [1.54, 1.807) is 0 Å². The Morgan fingerprint density at radius 1 is 1.00 bits per heavy atom. The fraction of sp³-hybridized carbons (Fsp3) is 1.00. The van der Waals surface area contributed by atoms with Gasteiger partial charge in [-0.3, -0.25) is 5.73 Å². The molecule has 2 heteroatoms. The van der Waals surface area contributed by atoms with Gasteiger partial charge in [0.15, 0.2) is 0 Å². The van der Waals surface area contributed by atoms with Crippen LogP contribution >= 0.6 is 7.26 Å². The van der Waals surface area contributed by atoms with Crippen LogP contribution in [0.2, 0.25) is 0 Å². The third kappa shape index (κ3) is 4.28. The zero-order valence-corrected chi connectivity index (χ0v) is 11.4. The van der Waals surface area contributed by atoms with Gasteiger partial charge in [-0.25, -0.2) is 0 Å². The van der Waals surface area contributed by atoms with E-state index in [1.165, 1.54) is 44.2 Å². The Balaban J connectivity index is 3.95. The predicted octanol–water partition coefficient (Wildman–Crippen LogP) is 3.93. The second-order valence-electron chi connectivity index (χ2n) is 4.38. The summed E-state index contributed by atoms with van der Waals surface area (Å²) >= 11 is 0. The summed E-state index contributed by atoms with van der Waals surface area (Å²) in [5.74, 6) is 0.458. The molecule has 0 aromatic carbocycles. The van der Waals surface area contributed by atoms with E-state index in [4.69, 9.17) is 5.73 Å². The van der Waals surface area contributed by atoms with Crippen LogP contribution in [-0.2, 0) is 0 Å². The molecule has 86 valence electrons. The van der Waals surface area contributed by atoms with Crippen molar-refractivity contribution in [2.75, 3.05) is 18.5 Å². The zero-order chi connectivity index (χ0) is 11.0. The standard InChI is InChI=1S/C12H29NP/c1-5-8-9-10-11-14(6-2,7-3)12(4)13/h12H,5-11,13H2,1-4H3/q+1. The molecule has 14 heavy (non-hydrogen) atoms. The highest BCUT2D eigenvalue weighted by molar-refractivity contribution is 7.76. The monoisotopic (exact) mass is 218 g/mol. The molecule has 1 unspecified atom stereocenters. The van der Waals surface area contributed by atoms with Crippen LogP contribution in [0.25, 0.3) is 0 Å². The summed E-state index contributed by atoms with van der Waals surface area (Å²) in [6.07, 6.45) is 9.66. The lowest BCUT2D eigenvalue weighted by molar-refractivity contribution is 0.701. The van der Waals surface area contributed by atoms with E-state index in [0.29, 0.717) is 5.78 Å². The molecule has 0 aliphatic carbocycles. The molecule has 0 heterocycles. The average Bonchev–Trinajstić information content (AvgIpc) is 2.18. The number of unbranched alkanes of at least 4 members (excludes halogenated alkanes) is 3. The topological polar surface area (TPSA) is 26.0 Å². The van der Waals surface area contributed by atoms with Gasteiger partial charge in [-0.1, -0.05) is 19.8 Å². The smallest absolute Gasteiger partial charge is 0.114 e. The van der Waals surface area contributed by atoms with Crippen molar-refractivity contribution in [2.24, 2.45) is 5.73 Å². The molecule has 0 radical (unpaired) electrons. The first-order valence-corrected chi connectivity index (χ1v) is 8.65. The summed E-state index contributed by atoms with van der Waals surface area (Å²) < 4.78 is 0. The van der Waals surface area contributed by atoms with Crippen molar-refractivity contribution in [3.8, 4) is 0 Å². The van der Waals surface area contributed by atoms with Crippen LogP contribution in [0.15, 0.2) is 0 Å². The lowest BCUT2D eigenvalue weighted by atomic mass is 10.2. The third-order valence-electron chi connectivity index (χ3n) is 3.58. The average molecular weight is 218 g/mol. The highest BCUT2D eigenvalue weighted by Gasteiger charge is 2.36. The Hall–Kier alpha value is 0.390. The van der Waals surface area contributed by atoms with E-state index in [9.17, 15) is 0 Å². The SMILES string of the molecule is CCCCCC[P+](CC)(CC)C(C)N. The largest absolute Gasteiger partial charge is 0.297 e. The number of nitrogens with two attached hydrogens (primary N) is 1. The van der Waals surface area contributed by atoms with Crippen molar-refractivity contribution >= 4 is 7.26 Å². The number of hydrogen-bond donors (Lipinski definition) is 1. The third-order valence-corrected chi connectivity index (χ3v) is 9.03. The molecule has 0 amide bonds. The van der Waals surface area contributed by atoms with Crippen molar-refractivity contribution in [2.45, 2.75) is 59.2 Å². The van der Waals surface area contributed by atoms with Crippen LogP contribution in [0.3, 0.4) is 0 Å². The first-order chi connectivity index (χ1) is 6.63. The molecule has 0 saturated carbocycles. The van der Waals surface area contributed by atoms with E-state index in [-0.39, 0.29) is 0 Å². The Kier molecular flexibility index (Phi) is 7.86. The normalized spacial score (nSPS) is 14.4. The van der Waals surface area contributed by atoms with E-state index in [1.807, 2.05) is 0 Å². The summed E-state index contributed by atoms with van der Waals surface area (Å²) in [5, 5.41) is 0. The summed E-state index contributed by atoms with van der Waals surface area (Å²) in [4.78, 5) is 0. The molecule has 0 fully saturated rings.